The van der Waals surface area contributed by atoms with Gasteiger partial charge in [-0.05, 0) is 81.9 Å². The smallest absolute Gasteiger partial charge is 0.434 e. The molecule has 6 rings (SSSR count). The largest absolute Gasteiger partial charge is 0.513 e. The SMILES string of the molecule is CCCOC(=O)Oc1c2ccccc2c(-c2c3ccccc3c(OC(=O)OCCC)c3ccc(Cl)cc23)c2cc(Cl)ccc12. The number of carbonyl (C=O) groups is 2. The molecule has 0 aromatic heterocycles. The Morgan fingerprint density at radius 1 is 0.523 bits per heavy atom. The first-order valence-electron chi connectivity index (χ1n) is 14.4. The maximum atomic E-state index is 12.7. The zero-order valence-electron chi connectivity index (χ0n) is 24.1. The van der Waals surface area contributed by atoms with Crippen molar-refractivity contribution in [2.75, 3.05) is 13.2 Å². The van der Waals surface area contributed by atoms with Crippen molar-refractivity contribution in [1.29, 1.82) is 0 Å². The number of rotatable bonds is 7. The van der Waals surface area contributed by atoms with Gasteiger partial charge in [-0.25, -0.2) is 9.59 Å². The number of halogens is 2. The van der Waals surface area contributed by atoms with Gasteiger partial charge in [0.1, 0.15) is 11.5 Å². The van der Waals surface area contributed by atoms with Crippen LogP contribution in [0.2, 0.25) is 10.0 Å². The number of hydrogen-bond donors (Lipinski definition) is 0. The number of hydrogen-bond acceptors (Lipinski definition) is 6. The highest BCUT2D eigenvalue weighted by atomic mass is 35.5. The minimum absolute atomic E-state index is 0.248. The highest BCUT2D eigenvalue weighted by Gasteiger charge is 2.25. The predicted octanol–water partition coefficient (Wildman–Crippen LogP) is 11.1. The van der Waals surface area contributed by atoms with E-state index in [9.17, 15) is 9.59 Å². The fourth-order valence-corrected chi connectivity index (χ4v) is 5.92. The van der Waals surface area contributed by atoms with E-state index in [-0.39, 0.29) is 13.2 Å². The molecular weight excluding hydrogens is 599 g/mol. The lowest BCUT2D eigenvalue weighted by Gasteiger charge is -2.21. The Balaban J connectivity index is 1.74. The molecule has 0 unspecified atom stereocenters. The molecule has 0 fully saturated rings. The number of carbonyl (C=O) groups excluding carboxylic acids is 2. The summed E-state index contributed by atoms with van der Waals surface area (Å²) in [6.45, 7) is 4.33. The van der Waals surface area contributed by atoms with Crippen LogP contribution in [0, 0.1) is 0 Å². The van der Waals surface area contributed by atoms with Crippen LogP contribution in [0.3, 0.4) is 0 Å². The quantitative estimate of drug-likeness (QED) is 0.0996. The fourth-order valence-electron chi connectivity index (χ4n) is 5.58. The molecule has 0 radical (unpaired) electrons. The molecule has 6 aromatic carbocycles. The van der Waals surface area contributed by atoms with E-state index in [0.717, 1.165) is 32.7 Å². The lowest BCUT2D eigenvalue weighted by atomic mass is 9.85. The first-order valence-corrected chi connectivity index (χ1v) is 15.1. The van der Waals surface area contributed by atoms with Gasteiger partial charge in [0.15, 0.2) is 0 Å². The summed E-state index contributed by atoms with van der Waals surface area (Å²) in [5, 5.41) is 6.98. The van der Waals surface area contributed by atoms with E-state index in [2.05, 4.69) is 0 Å². The summed E-state index contributed by atoms with van der Waals surface area (Å²) in [4.78, 5) is 25.4. The summed E-state index contributed by atoms with van der Waals surface area (Å²) in [6, 6.07) is 26.4. The van der Waals surface area contributed by atoms with Gasteiger partial charge in [-0.15, -0.1) is 0 Å². The van der Waals surface area contributed by atoms with Crippen molar-refractivity contribution in [2.45, 2.75) is 26.7 Å². The third-order valence-electron chi connectivity index (χ3n) is 7.34. The zero-order valence-corrected chi connectivity index (χ0v) is 25.6. The van der Waals surface area contributed by atoms with Crippen molar-refractivity contribution in [2.24, 2.45) is 0 Å². The molecule has 8 heteroatoms. The molecule has 0 saturated carbocycles. The van der Waals surface area contributed by atoms with E-state index < -0.39 is 12.3 Å². The molecule has 0 N–H and O–H groups in total. The molecule has 0 bridgehead atoms. The fraction of sp³-hybridized carbons (Fsp3) is 0.167. The summed E-state index contributed by atoms with van der Waals surface area (Å²) in [5.41, 5.74) is 1.71. The van der Waals surface area contributed by atoms with Crippen molar-refractivity contribution in [3.8, 4) is 22.6 Å². The van der Waals surface area contributed by atoms with Crippen LogP contribution in [0.4, 0.5) is 9.59 Å². The van der Waals surface area contributed by atoms with Crippen molar-refractivity contribution in [3.63, 3.8) is 0 Å². The van der Waals surface area contributed by atoms with E-state index in [1.165, 1.54) is 0 Å². The second-order valence-electron chi connectivity index (χ2n) is 10.3. The highest BCUT2D eigenvalue weighted by molar-refractivity contribution is 6.34. The molecule has 6 aromatic rings. The summed E-state index contributed by atoms with van der Waals surface area (Å²) in [6.07, 6.45) is -0.214. The number of benzene rings is 6. The van der Waals surface area contributed by atoms with Gasteiger partial charge in [-0.1, -0.05) is 85.6 Å². The van der Waals surface area contributed by atoms with E-state index in [1.807, 2.05) is 86.6 Å². The van der Waals surface area contributed by atoms with E-state index in [1.54, 1.807) is 12.1 Å². The van der Waals surface area contributed by atoms with Crippen molar-refractivity contribution in [1.82, 2.24) is 0 Å². The second-order valence-corrected chi connectivity index (χ2v) is 11.2. The minimum atomic E-state index is -0.778. The van der Waals surface area contributed by atoms with Crippen LogP contribution in [0.15, 0.2) is 84.9 Å². The van der Waals surface area contributed by atoms with Crippen LogP contribution in [0.5, 0.6) is 11.5 Å². The molecule has 0 heterocycles. The Bertz CT molecular complexity index is 1920. The van der Waals surface area contributed by atoms with Crippen LogP contribution in [0.1, 0.15) is 26.7 Å². The van der Waals surface area contributed by atoms with Gasteiger partial charge in [-0.3, -0.25) is 0 Å². The van der Waals surface area contributed by atoms with Gasteiger partial charge < -0.3 is 18.9 Å². The standard InChI is InChI=1S/C36H28Cl2O6/c1-3-17-41-35(39)43-33-25-11-7-5-9-23(25)31(29-19-21(37)13-15-27(29)33)32-24-10-6-8-12-26(24)34(44-36(40)42-18-4-2)28-16-14-22(38)20-30(28)32/h5-16,19-20H,3-4,17-18H2,1-2H3. The molecule has 44 heavy (non-hydrogen) atoms. The molecule has 0 aliphatic rings. The van der Waals surface area contributed by atoms with Crippen molar-refractivity contribution in [3.05, 3.63) is 95.0 Å². The average molecular weight is 628 g/mol. The average Bonchev–Trinajstić information content (AvgIpc) is 3.03. The third kappa shape index (κ3) is 5.47. The Labute approximate surface area is 264 Å². The van der Waals surface area contributed by atoms with Gasteiger partial charge in [0.25, 0.3) is 0 Å². The van der Waals surface area contributed by atoms with Crippen LogP contribution < -0.4 is 9.47 Å². The molecule has 0 spiro atoms. The van der Waals surface area contributed by atoms with Crippen molar-refractivity contribution < 1.29 is 28.5 Å². The third-order valence-corrected chi connectivity index (χ3v) is 7.81. The van der Waals surface area contributed by atoms with Gasteiger partial charge in [-0.2, -0.15) is 0 Å². The van der Waals surface area contributed by atoms with E-state index in [0.29, 0.717) is 55.9 Å². The van der Waals surface area contributed by atoms with Gasteiger partial charge >= 0.3 is 12.3 Å². The monoisotopic (exact) mass is 626 g/mol. The van der Waals surface area contributed by atoms with Gasteiger partial charge in [0.2, 0.25) is 0 Å². The maximum Gasteiger partial charge on any atom is 0.513 e. The molecular formula is C36H28Cl2O6. The zero-order chi connectivity index (χ0) is 30.8. The highest BCUT2D eigenvalue weighted by Crippen LogP contribution is 2.50. The van der Waals surface area contributed by atoms with E-state index >= 15 is 0 Å². The first kappa shape index (κ1) is 29.5. The Kier molecular flexibility index (Phi) is 8.47. The molecule has 222 valence electrons. The summed E-state index contributed by atoms with van der Waals surface area (Å²) in [7, 11) is 0. The summed E-state index contributed by atoms with van der Waals surface area (Å²) < 4.78 is 22.3. The Morgan fingerprint density at radius 3 is 1.27 bits per heavy atom. The van der Waals surface area contributed by atoms with Crippen LogP contribution in [0.25, 0.3) is 54.2 Å². The van der Waals surface area contributed by atoms with Crippen molar-refractivity contribution >= 4 is 78.6 Å². The molecule has 0 aliphatic carbocycles. The minimum Gasteiger partial charge on any atom is -0.434 e. The predicted molar refractivity (Wildman–Crippen MR) is 176 cm³/mol. The molecule has 0 aliphatic heterocycles. The van der Waals surface area contributed by atoms with Crippen LogP contribution >= 0.6 is 23.2 Å². The Hall–Kier alpha value is -4.52. The molecule has 6 nitrogen and oxygen atoms in total. The molecule has 0 atom stereocenters. The van der Waals surface area contributed by atoms with E-state index in [4.69, 9.17) is 42.1 Å². The van der Waals surface area contributed by atoms with Crippen LogP contribution in [-0.2, 0) is 9.47 Å². The molecule has 0 amide bonds. The van der Waals surface area contributed by atoms with Gasteiger partial charge in [0, 0.05) is 31.6 Å². The second kappa shape index (κ2) is 12.6. The molecule has 0 saturated heterocycles. The summed E-state index contributed by atoms with van der Waals surface area (Å²) >= 11 is 13.2. The number of ether oxygens (including phenoxy) is 4. The van der Waals surface area contributed by atoms with Gasteiger partial charge in [0.05, 0.1) is 13.2 Å². The first-order chi connectivity index (χ1) is 21.4. The normalized spacial score (nSPS) is 11.3. The number of fused-ring (bicyclic) bond motifs is 4. The topological polar surface area (TPSA) is 71.1 Å². The van der Waals surface area contributed by atoms with Crippen LogP contribution in [-0.4, -0.2) is 25.5 Å². The lowest BCUT2D eigenvalue weighted by molar-refractivity contribution is 0.0991. The maximum absolute atomic E-state index is 12.7. The lowest BCUT2D eigenvalue weighted by Crippen LogP contribution is -2.12. The Morgan fingerprint density at radius 2 is 0.886 bits per heavy atom. The summed E-state index contributed by atoms with van der Waals surface area (Å²) in [5.74, 6) is 0.754.